The highest BCUT2D eigenvalue weighted by Gasteiger charge is 2.32. The molecule has 2 aliphatic rings. The molecule has 168 valence electrons. The minimum Gasteiger partial charge on any atom is -0.347 e. The highest BCUT2D eigenvalue weighted by molar-refractivity contribution is 5.95. The van der Waals surface area contributed by atoms with Crippen molar-refractivity contribution in [1.29, 1.82) is 0 Å². The van der Waals surface area contributed by atoms with Crippen molar-refractivity contribution < 1.29 is 4.79 Å². The number of pyridine rings is 1. The van der Waals surface area contributed by atoms with Crippen molar-refractivity contribution in [3.8, 4) is 11.3 Å². The maximum atomic E-state index is 13.2. The molecule has 1 amide bonds. The molecule has 2 aromatic rings. The Labute approximate surface area is 191 Å². The number of carbonyl (C=O) groups excluding carboxylic acids is 1. The van der Waals surface area contributed by atoms with Crippen LogP contribution in [0.5, 0.6) is 0 Å². The monoisotopic (exact) mass is 430 g/mol. The van der Waals surface area contributed by atoms with Gasteiger partial charge >= 0.3 is 0 Å². The number of carbonyl (C=O) groups is 1. The van der Waals surface area contributed by atoms with Gasteiger partial charge < -0.3 is 5.32 Å². The van der Waals surface area contributed by atoms with Crippen molar-refractivity contribution >= 4 is 5.91 Å². The van der Waals surface area contributed by atoms with Gasteiger partial charge in [0, 0.05) is 28.3 Å². The van der Waals surface area contributed by atoms with Crippen molar-refractivity contribution in [3.63, 3.8) is 0 Å². The van der Waals surface area contributed by atoms with Gasteiger partial charge in [-0.1, -0.05) is 39.0 Å². The van der Waals surface area contributed by atoms with Crippen LogP contribution in [0.2, 0.25) is 0 Å². The highest BCUT2D eigenvalue weighted by Crippen LogP contribution is 2.42. The zero-order valence-corrected chi connectivity index (χ0v) is 20.1. The number of rotatable bonds is 5. The predicted octanol–water partition coefficient (Wildman–Crippen LogP) is 5.74. The fraction of sp³-hybridized carbons (Fsp3) is 0.481. The van der Waals surface area contributed by atoms with E-state index in [1.54, 1.807) is 6.33 Å². The lowest BCUT2D eigenvalue weighted by Gasteiger charge is -2.29. The molecule has 1 atom stereocenters. The second-order valence-electron chi connectivity index (χ2n) is 10.7. The van der Waals surface area contributed by atoms with Gasteiger partial charge in [-0.3, -0.25) is 9.78 Å². The lowest BCUT2D eigenvalue weighted by molar-refractivity contribution is 0.0919. The Bertz CT molecular complexity index is 1090. The Morgan fingerprint density at radius 2 is 1.97 bits per heavy atom. The number of nitrogens with one attached hydrogen (secondary N) is 1. The second-order valence-corrected chi connectivity index (χ2v) is 10.7. The number of hydrogen-bond acceptors (Lipinski definition) is 4. The van der Waals surface area contributed by atoms with E-state index in [0.29, 0.717) is 5.56 Å². The van der Waals surface area contributed by atoms with Crippen molar-refractivity contribution in [3.05, 3.63) is 65.4 Å². The van der Waals surface area contributed by atoms with Crippen molar-refractivity contribution in [2.45, 2.75) is 77.7 Å². The Hall–Kier alpha value is -2.82. The van der Waals surface area contributed by atoms with Crippen molar-refractivity contribution in [2.24, 2.45) is 5.92 Å². The molecule has 0 saturated heterocycles. The standard InChI is InChI=1S/C27H34N4O/c1-17(2)24-21(15-28-16-29-24)22-13-20(25(32)31-26(3,4)5)14-23(30-22)27(6)11-9-19(10-12-27)18-7-8-18/h9-11,13-18H,7-8,12H2,1-6H3,(H,31,32). The minimum absolute atomic E-state index is 0.0945. The number of aromatic nitrogens is 3. The zero-order chi connectivity index (χ0) is 23.1. The third-order valence-corrected chi connectivity index (χ3v) is 6.18. The van der Waals surface area contributed by atoms with Crippen LogP contribution in [-0.4, -0.2) is 26.4 Å². The zero-order valence-electron chi connectivity index (χ0n) is 20.1. The first kappa shape index (κ1) is 22.4. The Morgan fingerprint density at radius 3 is 2.56 bits per heavy atom. The van der Waals surface area contributed by atoms with Gasteiger partial charge in [-0.15, -0.1) is 0 Å². The van der Waals surface area contributed by atoms with E-state index in [4.69, 9.17) is 4.98 Å². The van der Waals surface area contributed by atoms with E-state index in [0.717, 1.165) is 35.0 Å². The summed E-state index contributed by atoms with van der Waals surface area (Å²) in [4.78, 5) is 27.0. The summed E-state index contributed by atoms with van der Waals surface area (Å²) < 4.78 is 0. The molecule has 32 heavy (non-hydrogen) atoms. The van der Waals surface area contributed by atoms with E-state index in [9.17, 15) is 4.79 Å². The fourth-order valence-corrected chi connectivity index (χ4v) is 4.16. The number of allylic oxidation sites excluding steroid dienone is 4. The van der Waals surface area contributed by atoms with Crippen LogP contribution in [0.25, 0.3) is 11.3 Å². The molecule has 1 fully saturated rings. The summed E-state index contributed by atoms with van der Waals surface area (Å²) in [6.07, 6.45) is 13.7. The van der Waals surface area contributed by atoms with E-state index in [-0.39, 0.29) is 22.8 Å². The third-order valence-electron chi connectivity index (χ3n) is 6.18. The first-order valence-electron chi connectivity index (χ1n) is 11.6. The molecule has 5 heteroatoms. The molecular weight excluding hydrogens is 396 g/mol. The molecule has 0 radical (unpaired) electrons. The Morgan fingerprint density at radius 1 is 1.22 bits per heavy atom. The van der Waals surface area contributed by atoms with Crippen molar-refractivity contribution in [2.75, 3.05) is 0 Å². The molecule has 1 N–H and O–H groups in total. The summed E-state index contributed by atoms with van der Waals surface area (Å²) >= 11 is 0. The largest absolute Gasteiger partial charge is 0.347 e. The molecule has 2 heterocycles. The van der Waals surface area contributed by atoms with Crippen LogP contribution in [0.15, 0.2) is 48.5 Å². The highest BCUT2D eigenvalue weighted by atomic mass is 16.1. The van der Waals surface area contributed by atoms with Gasteiger partial charge in [0.1, 0.15) is 6.33 Å². The molecule has 5 nitrogen and oxygen atoms in total. The van der Waals surface area contributed by atoms with E-state index >= 15 is 0 Å². The van der Waals surface area contributed by atoms with Crippen LogP contribution in [0.4, 0.5) is 0 Å². The summed E-state index contributed by atoms with van der Waals surface area (Å²) in [7, 11) is 0. The smallest absolute Gasteiger partial charge is 0.251 e. The number of hydrogen-bond donors (Lipinski definition) is 1. The van der Waals surface area contributed by atoms with Crippen LogP contribution < -0.4 is 5.32 Å². The molecular formula is C27H34N4O. The molecule has 2 aliphatic carbocycles. The normalized spacial score (nSPS) is 20.9. The summed E-state index contributed by atoms with van der Waals surface area (Å²) in [5, 5.41) is 3.10. The Kier molecular flexibility index (Phi) is 5.78. The molecule has 2 aromatic heterocycles. The summed E-state index contributed by atoms with van der Waals surface area (Å²) in [6.45, 7) is 12.4. The van der Waals surface area contributed by atoms with Gasteiger partial charge in [0.2, 0.25) is 0 Å². The lowest BCUT2D eigenvalue weighted by atomic mass is 9.77. The van der Waals surface area contributed by atoms with Gasteiger partial charge in [0.15, 0.2) is 0 Å². The van der Waals surface area contributed by atoms with Gasteiger partial charge in [-0.2, -0.15) is 0 Å². The fourth-order valence-electron chi connectivity index (χ4n) is 4.16. The Balaban J connectivity index is 1.80. The number of amides is 1. The van der Waals surface area contributed by atoms with Crippen LogP contribution >= 0.6 is 0 Å². The van der Waals surface area contributed by atoms with Gasteiger partial charge in [0.05, 0.1) is 17.1 Å². The summed E-state index contributed by atoms with van der Waals surface area (Å²) in [5.41, 5.74) is 4.94. The summed E-state index contributed by atoms with van der Waals surface area (Å²) in [5.74, 6) is 0.862. The lowest BCUT2D eigenvalue weighted by Crippen LogP contribution is -2.40. The van der Waals surface area contributed by atoms with Crippen LogP contribution in [0.1, 0.15) is 88.5 Å². The van der Waals surface area contributed by atoms with Gasteiger partial charge in [0.25, 0.3) is 5.91 Å². The average molecular weight is 431 g/mol. The predicted molar refractivity (Wildman–Crippen MR) is 128 cm³/mol. The molecule has 1 saturated carbocycles. The van der Waals surface area contributed by atoms with Gasteiger partial charge in [-0.05, 0) is 69.6 Å². The van der Waals surface area contributed by atoms with Crippen molar-refractivity contribution in [1.82, 2.24) is 20.3 Å². The van der Waals surface area contributed by atoms with Crippen LogP contribution in [0.3, 0.4) is 0 Å². The van der Waals surface area contributed by atoms with Gasteiger partial charge in [-0.25, -0.2) is 9.97 Å². The summed E-state index contributed by atoms with van der Waals surface area (Å²) in [6, 6.07) is 3.82. The van der Waals surface area contributed by atoms with E-state index < -0.39 is 0 Å². The average Bonchev–Trinajstić information content (AvgIpc) is 3.58. The molecule has 4 rings (SSSR count). The SMILES string of the molecule is CC(C)c1ncncc1-c1cc(C(=O)NC(C)(C)C)cc(C2(C)C=CC(C3CC3)=CC2)n1. The van der Waals surface area contributed by atoms with E-state index in [1.807, 2.05) is 39.1 Å². The van der Waals surface area contributed by atoms with E-state index in [1.165, 1.54) is 18.4 Å². The molecule has 0 bridgehead atoms. The molecule has 0 aromatic carbocycles. The molecule has 0 spiro atoms. The number of nitrogens with zero attached hydrogens (tertiary/aromatic N) is 3. The maximum Gasteiger partial charge on any atom is 0.251 e. The topological polar surface area (TPSA) is 67.8 Å². The minimum atomic E-state index is -0.323. The second kappa shape index (κ2) is 8.27. The molecule has 1 unspecified atom stereocenters. The quantitative estimate of drug-likeness (QED) is 0.656. The first-order chi connectivity index (χ1) is 15.1. The molecule has 0 aliphatic heterocycles. The van der Waals surface area contributed by atoms with Crippen LogP contribution in [-0.2, 0) is 5.41 Å². The maximum absolute atomic E-state index is 13.2. The third kappa shape index (κ3) is 4.82. The first-order valence-corrected chi connectivity index (χ1v) is 11.6. The van der Waals surface area contributed by atoms with Crippen LogP contribution in [0, 0.1) is 5.92 Å². The van der Waals surface area contributed by atoms with E-state index in [2.05, 4.69) is 54.3 Å².